The van der Waals surface area contributed by atoms with Gasteiger partial charge in [-0.25, -0.2) is 9.78 Å². The van der Waals surface area contributed by atoms with Crippen molar-refractivity contribution in [1.29, 1.82) is 0 Å². The Labute approximate surface area is 159 Å². The Bertz CT molecular complexity index is 1110. The molecule has 0 aliphatic heterocycles. The van der Waals surface area contributed by atoms with Crippen LogP contribution in [0, 0.1) is 6.92 Å². The van der Waals surface area contributed by atoms with Gasteiger partial charge in [0.2, 0.25) is 5.91 Å². The van der Waals surface area contributed by atoms with E-state index in [9.17, 15) is 14.4 Å². The van der Waals surface area contributed by atoms with E-state index in [0.29, 0.717) is 27.7 Å². The van der Waals surface area contributed by atoms with E-state index >= 15 is 0 Å². The Kier molecular flexibility index (Phi) is 5.23. The number of halogens is 1. The predicted octanol–water partition coefficient (Wildman–Crippen LogP) is 2.78. The number of methoxy groups -OCH3 is 1. The van der Waals surface area contributed by atoms with E-state index in [-0.39, 0.29) is 17.1 Å². The Morgan fingerprint density at radius 3 is 2.70 bits per heavy atom. The second kappa shape index (κ2) is 7.59. The number of nitrogens with zero attached hydrogens (tertiary/aromatic N) is 2. The van der Waals surface area contributed by atoms with Crippen LogP contribution in [0.15, 0.2) is 47.5 Å². The molecule has 8 heteroatoms. The molecule has 1 aromatic heterocycles. The lowest BCUT2D eigenvalue weighted by atomic mass is 10.1. The zero-order valence-corrected chi connectivity index (χ0v) is 15.4. The largest absolute Gasteiger partial charge is 0.465 e. The summed E-state index contributed by atoms with van der Waals surface area (Å²) in [5.74, 6) is -1.00. The van der Waals surface area contributed by atoms with Gasteiger partial charge in [0, 0.05) is 0 Å². The number of anilines is 1. The van der Waals surface area contributed by atoms with Gasteiger partial charge < -0.3 is 10.1 Å². The molecule has 0 atom stereocenters. The van der Waals surface area contributed by atoms with Gasteiger partial charge >= 0.3 is 5.97 Å². The number of aromatic nitrogens is 2. The molecule has 0 spiro atoms. The van der Waals surface area contributed by atoms with Gasteiger partial charge in [0.25, 0.3) is 5.56 Å². The standard InChI is InChI=1S/C19H16ClN3O4/c1-11-12(19(26)27-2)7-8-14(20)17(11)22-16(24)9-23-10-21-15-6-4-3-5-13(15)18(23)25/h3-8,10H,9H2,1-2H3,(H,22,24). The molecule has 0 aliphatic rings. The summed E-state index contributed by atoms with van der Waals surface area (Å²) in [7, 11) is 1.27. The van der Waals surface area contributed by atoms with E-state index in [2.05, 4.69) is 10.3 Å². The number of ether oxygens (including phenoxy) is 1. The Balaban J connectivity index is 1.88. The zero-order valence-electron chi connectivity index (χ0n) is 14.7. The highest BCUT2D eigenvalue weighted by molar-refractivity contribution is 6.34. The summed E-state index contributed by atoms with van der Waals surface area (Å²) >= 11 is 6.16. The van der Waals surface area contributed by atoms with Gasteiger partial charge in [-0.1, -0.05) is 23.7 Å². The molecule has 0 bridgehead atoms. The van der Waals surface area contributed by atoms with Crippen molar-refractivity contribution in [3.05, 3.63) is 69.2 Å². The number of nitrogens with one attached hydrogen (secondary N) is 1. The van der Waals surface area contributed by atoms with Crippen LogP contribution in [-0.4, -0.2) is 28.5 Å². The number of hydrogen-bond donors (Lipinski definition) is 1. The van der Waals surface area contributed by atoms with E-state index in [4.69, 9.17) is 16.3 Å². The fourth-order valence-electron chi connectivity index (χ4n) is 2.72. The molecule has 1 N–H and O–H groups in total. The number of rotatable bonds is 4. The molecule has 1 amide bonds. The lowest BCUT2D eigenvalue weighted by Crippen LogP contribution is -2.28. The minimum absolute atomic E-state index is 0.241. The highest BCUT2D eigenvalue weighted by Crippen LogP contribution is 2.28. The maximum atomic E-state index is 12.5. The first-order valence-corrected chi connectivity index (χ1v) is 8.41. The molecule has 1 heterocycles. The summed E-state index contributed by atoms with van der Waals surface area (Å²) in [5, 5.41) is 3.36. The number of benzene rings is 2. The van der Waals surface area contributed by atoms with Gasteiger partial charge in [0.05, 0.1) is 40.6 Å². The van der Waals surface area contributed by atoms with Crippen LogP contribution >= 0.6 is 11.6 Å². The monoisotopic (exact) mass is 385 g/mol. The van der Waals surface area contributed by atoms with Crippen LogP contribution in [0.1, 0.15) is 15.9 Å². The van der Waals surface area contributed by atoms with Gasteiger partial charge in [-0.15, -0.1) is 0 Å². The molecule has 138 valence electrons. The number of para-hydroxylation sites is 1. The number of carbonyl (C=O) groups is 2. The SMILES string of the molecule is COC(=O)c1ccc(Cl)c(NC(=O)Cn2cnc3ccccc3c2=O)c1C. The first-order chi connectivity index (χ1) is 12.9. The smallest absolute Gasteiger partial charge is 0.338 e. The summed E-state index contributed by atoms with van der Waals surface area (Å²) in [6.45, 7) is 1.41. The molecule has 0 unspecified atom stereocenters. The van der Waals surface area contributed by atoms with E-state index in [1.807, 2.05) is 0 Å². The summed E-state index contributed by atoms with van der Waals surface area (Å²) in [5.41, 5.74) is 1.31. The third kappa shape index (κ3) is 3.68. The van der Waals surface area contributed by atoms with Crippen LogP contribution in [0.5, 0.6) is 0 Å². The number of esters is 1. The van der Waals surface area contributed by atoms with Crippen LogP contribution in [0.4, 0.5) is 5.69 Å². The third-order valence-electron chi connectivity index (χ3n) is 4.13. The molecule has 3 rings (SSSR count). The van der Waals surface area contributed by atoms with E-state index < -0.39 is 11.9 Å². The minimum atomic E-state index is -0.533. The third-order valence-corrected chi connectivity index (χ3v) is 4.44. The minimum Gasteiger partial charge on any atom is -0.465 e. The van der Waals surface area contributed by atoms with Crippen molar-refractivity contribution in [2.75, 3.05) is 12.4 Å². The molecule has 3 aromatic rings. The van der Waals surface area contributed by atoms with E-state index in [1.54, 1.807) is 31.2 Å². The van der Waals surface area contributed by atoms with Crippen LogP contribution in [0.2, 0.25) is 5.02 Å². The molecule has 0 radical (unpaired) electrons. The maximum Gasteiger partial charge on any atom is 0.338 e. The van der Waals surface area contributed by atoms with Crippen LogP contribution in [-0.2, 0) is 16.1 Å². The fourth-order valence-corrected chi connectivity index (χ4v) is 2.97. The summed E-state index contributed by atoms with van der Waals surface area (Å²) < 4.78 is 5.93. The van der Waals surface area contributed by atoms with Crippen LogP contribution < -0.4 is 10.9 Å². The molecular formula is C19H16ClN3O4. The number of hydrogen-bond acceptors (Lipinski definition) is 5. The first kappa shape index (κ1) is 18.6. The number of amides is 1. The summed E-state index contributed by atoms with van der Waals surface area (Å²) in [6, 6.07) is 9.92. The molecule has 0 aliphatic carbocycles. The first-order valence-electron chi connectivity index (χ1n) is 8.04. The highest BCUT2D eigenvalue weighted by Gasteiger charge is 2.17. The molecule has 0 fully saturated rings. The number of carbonyl (C=O) groups excluding carboxylic acids is 2. The van der Waals surface area contributed by atoms with Crippen LogP contribution in [0.3, 0.4) is 0 Å². The molecule has 0 saturated carbocycles. The summed E-state index contributed by atoms with van der Waals surface area (Å²) in [4.78, 5) is 40.9. The average Bonchev–Trinajstić information content (AvgIpc) is 2.67. The van der Waals surface area contributed by atoms with Crippen molar-refractivity contribution in [2.45, 2.75) is 13.5 Å². The number of fused-ring (bicyclic) bond motifs is 1. The van der Waals surface area contributed by atoms with Crippen molar-refractivity contribution in [2.24, 2.45) is 0 Å². The Morgan fingerprint density at radius 1 is 1.22 bits per heavy atom. The van der Waals surface area contributed by atoms with Gasteiger partial charge in [0.15, 0.2) is 0 Å². The van der Waals surface area contributed by atoms with Crippen molar-refractivity contribution in [3.63, 3.8) is 0 Å². The Morgan fingerprint density at radius 2 is 1.96 bits per heavy atom. The quantitative estimate of drug-likeness (QED) is 0.697. The van der Waals surface area contributed by atoms with E-state index in [0.717, 1.165) is 0 Å². The molecule has 0 saturated heterocycles. The molecule has 7 nitrogen and oxygen atoms in total. The van der Waals surface area contributed by atoms with Gasteiger partial charge in [0.1, 0.15) is 6.54 Å². The average molecular weight is 386 g/mol. The van der Waals surface area contributed by atoms with Crippen LogP contribution in [0.25, 0.3) is 10.9 Å². The van der Waals surface area contributed by atoms with Gasteiger partial charge in [-0.2, -0.15) is 0 Å². The topological polar surface area (TPSA) is 90.3 Å². The molecule has 27 heavy (non-hydrogen) atoms. The lowest BCUT2D eigenvalue weighted by Gasteiger charge is -2.14. The normalized spacial score (nSPS) is 10.6. The highest BCUT2D eigenvalue weighted by atomic mass is 35.5. The lowest BCUT2D eigenvalue weighted by molar-refractivity contribution is -0.116. The maximum absolute atomic E-state index is 12.5. The van der Waals surface area contributed by atoms with Crippen molar-refractivity contribution in [3.8, 4) is 0 Å². The predicted molar refractivity (Wildman–Crippen MR) is 102 cm³/mol. The van der Waals surface area contributed by atoms with Gasteiger partial charge in [-0.3, -0.25) is 14.2 Å². The van der Waals surface area contributed by atoms with Crippen molar-refractivity contribution >= 4 is 40.1 Å². The Hall–Kier alpha value is -3.19. The zero-order chi connectivity index (χ0) is 19.6. The second-order valence-corrected chi connectivity index (χ2v) is 6.24. The van der Waals surface area contributed by atoms with Crippen molar-refractivity contribution < 1.29 is 14.3 Å². The summed E-state index contributed by atoms with van der Waals surface area (Å²) in [6.07, 6.45) is 1.32. The second-order valence-electron chi connectivity index (χ2n) is 5.83. The molecule has 2 aromatic carbocycles. The fraction of sp³-hybridized carbons (Fsp3) is 0.158. The molecular weight excluding hydrogens is 370 g/mol. The van der Waals surface area contributed by atoms with Crippen molar-refractivity contribution in [1.82, 2.24) is 9.55 Å². The van der Waals surface area contributed by atoms with E-state index in [1.165, 1.54) is 30.1 Å². The van der Waals surface area contributed by atoms with Gasteiger partial charge in [-0.05, 0) is 36.8 Å².